The Kier molecular flexibility index (Phi) is 4.44. The first kappa shape index (κ1) is 13.0. The Bertz CT molecular complexity index is 521. The minimum Gasteiger partial charge on any atom is -0.467 e. The Balaban J connectivity index is 1.81. The van der Waals surface area contributed by atoms with Crippen molar-refractivity contribution in [2.24, 2.45) is 0 Å². The molecule has 0 unspecified atom stereocenters. The molecule has 0 saturated carbocycles. The summed E-state index contributed by atoms with van der Waals surface area (Å²) in [4.78, 5) is 15.5. The molecule has 19 heavy (non-hydrogen) atoms. The van der Waals surface area contributed by atoms with Crippen LogP contribution in [-0.4, -0.2) is 33.7 Å². The van der Waals surface area contributed by atoms with Crippen LogP contribution in [0.25, 0.3) is 0 Å². The van der Waals surface area contributed by atoms with Crippen molar-refractivity contribution in [3.8, 4) is 12.0 Å². The molecular weight excluding hydrogens is 246 g/mol. The predicted molar refractivity (Wildman–Crippen MR) is 68.8 cm³/mol. The van der Waals surface area contributed by atoms with Crippen molar-refractivity contribution in [3.63, 3.8) is 0 Å². The lowest BCUT2D eigenvalue weighted by Crippen LogP contribution is -2.07. The predicted octanol–water partition coefficient (Wildman–Crippen LogP) is 0.869. The number of anilines is 1. The first-order valence-corrected chi connectivity index (χ1v) is 5.85. The van der Waals surface area contributed by atoms with E-state index in [2.05, 4.69) is 19.9 Å². The van der Waals surface area contributed by atoms with Gasteiger partial charge in [0, 0.05) is 12.4 Å². The number of rotatable bonds is 6. The molecule has 0 aliphatic carbocycles. The van der Waals surface area contributed by atoms with Gasteiger partial charge in [0.2, 0.25) is 5.95 Å². The van der Waals surface area contributed by atoms with Crippen molar-refractivity contribution in [1.29, 1.82) is 0 Å². The van der Waals surface area contributed by atoms with E-state index in [1.165, 1.54) is 12.7 Å². The molecular formula is C12H15N5O2. The number of ether oxygens (including phenoxy) is 2. The second-order valence-corrected chi connectivity index (χ2v) is 3.77. The number of aryl methyl sites for hydroxylation is 1. The molecule has 0 aromatic carbocycles. The number of pyridine rings is 1. The summed E-state index contributed by atoms with van der Waals surface area (Å²) in [6.07, 6.45) is 5.29. The topological polar surface area (TPSA) is 96.0 Å². The van der Waals surface area contributed by atoms with E-state index >= 15 is 0 Å². The van der Waals surface area contributed by atoms with Crippen molar-refractivity contribution < 1.29 is 9.47 Å². The van der Waals surface area contributed by atoms with Crippen LogP contribution in [0, 0.1) is 0 Å². The van der Waals surface area contributed by atoms with E-state index < -0.39 is 0 Å². The van der Waals surface area contributed by atoms with E-state index in [4.69, 9.17) is 15.2 Å². The maximum atomic E-state index is 5.50. The third kappa shape index (κ3) is 4.06. The molecule has 0 bridgehead atoms. The molecule has 0 aliphatic heterocycles. The highest BCUT2D eigenvalue weighted by Gasteiger charge is 2.05. The summed E-state index contributed by atoms with van der Waals surface area (Å²) in [5, 5.41) is 0. The van der Waals surface area contributed by atoms with Crippen LogP contribution < -0.4 is 15.2 Å². The van der Waals surface area contributed by atoms with Crippen molar-refractivity contribution >= 4 is 5.95 Å². The Morgan fingerprint density at radius 2 is 1.84 bits per heavy atom. The Hall–Kier alpha value is -2.44. The Morgan fingerprint density at radius 1 is 1.11 bits per heavy atom. The Morgan fingerprint density at radius 3 is 2.58 bits per heavy atom. The molecule has 0 radical (unpaired) electrons. The molecule has 0 amide bonds. The van der Waals surface area contributed by atoms with Crippen LogP contribution in [-0.2, 0) is 6.42 Å². The van der Waals surface area contributed by atoms with E-state index in [0.29, 0.717) is 6.61 Å². The maximum absolute atomic E-state index is 5.50. The molecule has 0 aliphatic rings. The van der Waals surface area contributed by atoms with E-state index in [9.17, 15) is 0 Å². The molecule has 2 aromatic heterocycles. The van der Waals surface area contributed by atoms with Crippen molar-refractivity contribution in [1.82, 2.24) is 19.9 Å². The van der Waals surface area contributed by atoms with Gasteiger partial charge in [-0.2, -0.15) is 9.97 Å². The van der Waals surface area contributed by atoms with Gasteiger partial charge in [0.05, 0.1) is 13.7 Å². The summed E-state index contributed by atoms with van der Waals surface area (Å²) in [5.41, 5.74) is 6.72. The van der Waals surface area contributed by atoms with Crippen LogP contribution in [0.3, 0.4) is 0 Å². The molecule has 7 heteroatoms. The molecule has 2 aromatic rings. The van der Waals surface area contributed by atoms with Gasteiger partial charge >= 0.3 is 12.0 Å². The van der Waals surface area contributed by atoms with Crippen LogP contribution >= 0.6 is 0 Å². The number of nitrogen functional groups attached to an aromatic ring is 1. The van der Waals surface area contributed by atoms with E-state index in [-0.39, 0.29) is 18.0 Å². The fourth-order valence-corrected chi connectivity index (χ4v) is 1.50. The average molecular weight is 261 g/mol. The van der Waals surface area contributed by atoms with Crippen LogP contribution in [0.5, 0.6) is 12.0 Å². The van der Waals surface area contributed by atoms with E-state index in [0.717, 1.165) is 12.8 Å². The quantitative estimate of drug-likeness (QED) is 0.770. The molecule has 2 heterocycles. The van der Waals surface area contributed by atoms with Crippen molar-refractivity contribution in [3.05, 3.63) is 30.1 Å². The van der Waals surface area contributed by atoms with Crippen LogP contribution in [0.2, 0.25) is 0 Å². The van der Waals surface area contributed by atoms with Gasteiger partial charge in [-0.25, -0.2) is 0 Å². The third-order valence-corrected chi connectivity index (χ3v) is 2.38. The van der Waals surface area contributed by atoms with Gasteiger partial charge in [0.15, 0.2) is 0 Å². The third-order valence-electron chi connectivity index (χ3n) is 2.38. The number of methoxy groups -OCH3 is 1. The highest BCUT2D eigenvalue weighted by atomic mass is 16.5. The highest BCUT2D eigenvalue weighted by molar-refractivity contribution is 5.20. The lowest BCUT2D eigenvalue weighted by molar-refractivity contribution is 0.277. The van der Waals surface area contributed by atoms with Crippen LogP contribution in [0.15, 0.2) is 24.5 Å². The first-order chi connectivity index (χ1) is 9.28. The average Bonchev–Trinajstić information content (AvgIpc) is 2.44. The van der Waals surface area contributed by atoms with Crippen molar-refractivity contribution in [2.75, 3.05) is 19.5 Å². The maximum Gasteiger partial charge on any atom is 0.324 e. The van der Waals surface area contributed by atoms with E-state index in [1.54, 1.807) is 12.4 Å². The van der Waals surface area contributed by atoms with Crippen LogP contribution in [0.4, 0.5) is 5.95 Å². The summed E-state index contributed by atoms with van der Waals surface area (Å²) in [7, 11) is 1.46. The van der Waals surface area contributed by atoms with Crippen LogP contribution in [0.1, 0.15) is 12.0 Å². The van der Waals surface area contributed by atoms with Crippen molar-refractivity contribution in [2.45, 2.75) is 12.8 Å². The molecule has 100 valence electrons. The zero-order chi connectivity index (χ0) is 13.5. The molecule has 0 spiro atoms. The lowest BCUT2D eigenvalue weighted by atomic mass is 10.1. The summed E-state index contributed by atoms with van der Waals surface area (Å²) in [5.74, 6) is 0.0796. The number of nitrogens with zero attached hydrogens (tertiary/aromatic N) is 4. The number of hydrogen-bond donors (Lipinski definition) is 1. The largest absolute Gasteiger partial charge is 0.467 e. The second kappa shape index (κ2) is 6.48. The number of hydrogen-bond acceptors (Lipinski definition) is 7. The fraction of sp³-hybridized carbons (Fsp3) is 0.333. The SMILES string of the molecule is COc1nc(N)nc(OCCCc2ccncc2)n1. The normalized spacial score (nSPS) is 10.2. The standard InChI is InChI=1S/C12H15N5O2/c1-18-11-15-10(13)16-12(17-11)19-8-2-3-9-4-6-14-7-5-9/h4-7H,2-3,8H2,1H3,(H2,13,15,16,17). The molecule has 7 nitrogen and oxygen atoms in total. The molecule has 0 atom stereocenters. The molecule has 2 rings (SSSR count). The summed E-state index contributed by atoms with van der Waals surface area (Å²) >= 11 is 0. The molecule has 0 fully saturated rings. The highest BCUT2D eigenvalue weighted by Crippen LogP contribution is 2.10. The Labute approximate surface area is 110 Å². The number of nitrogens with two attached hydrogens (primary N) is 1. The zero-order valence-electron chi connectivity index (χ0n) is 10.6. The van der Waals surface area contributed by atoms with Gasteiger partial charge in [0.25, 0.3) is 0 Å². The van der Waals surface area contributed by atoms with E-state index in [1.807, 2.05) is 12.1 Å². The van der Waals surface area contributed by atoms with Gasteiger partial charge in [-0.05, 0) is 30.5 Å². The molecule has 2 N–H and O–H groups in total. The second-order valence-electron chi connectivity index (χ2n) is 3.77. The van der Waals surface area contributed by atoms with Gasteiger partial charge < -0.3 is 15.2 Å². The van der Waals surface area contributed by atoms with Gasteiger partial charge in [-0.15, -0.1) is 4.98 Å². The summed E-state index contributed by atoms with van der Waals surface area (Å²) < 4.78 is 10.3. The van der Waals surface area contributed by atoms with Gasteiger partial charge in [-0.3, -0.25) is 4.98 Å². The smallest absolute Gasteiger partial charge is 0.324 e. The van der Waals surface area contributed by atoms with Gasteiger partial charge in [0.1, 0.15) is 0 Å². The summed E-state index contributed by atoms with van der Waals surface area (Å²) in [6.45, 7) is 0.495. The lowest BCUT2D eigenvalue weighted by Gasteiger charge is -2.05. The summed E-state index contributed by atoms with van der Waals surface area (Å²) in [6, 6.07) is 4.28. The molecule has 0 saturated heterocycles. The monoisotopic (exact) mass is 261 g/mol. The first-order valence-electron chi connectivity index (χ1n) is 5.85. The number of aromatic nitrogens is 4. The minimum absolute atomic E-state index is 0.0796. The zero-order valence-corrected chi connectivity index (χ0v) is 10.6. The fourth-order valence-electron chi connectivity index (χ4n) is 1.50. The van der Waals surface area contributed by atoms with Gasteiger partial charge in [-0.1, -0.05) is 0 Å². The minimum atomic E-state index is 0.0796.